The van der Waals surface area contributed by atoms with Crippen LogP contribution in [-0.4, -0.2) is 54.1 Å². The summed E-state index contributed by atoms with van der Waals surface area (Å²) in [6, 6.07) is 17.3. The van der Waals surface area contributed by atoms with Crippen LogP contribution < -0.4 is 15.9 Å². The van der Waals surface area contributed by atoms with E-state index in [0.717, 1.165) is 33.5 Å². The fraction of sp³-hybridized carbons (Fsp3) is 0.174. The molecule has 0 spiro atoms. The molecule has 5 rings (SSSR count). The molecule has 1 amide bonds. The first-order valence-corrected chi connectivity index (χ1v) is 13.1. The predicted octanol–water partition coefficient (Wildman–Crippen LogP) is 2.91. The maximum Gasteiger partial charge on any atom is 0.293 e. The van der Waals surface area contributed by atoms with Gasteiger partial charge in [-0.3, -0.25) is 9.79 Å². The highest BCUT2D eigenvalue weighted by Crippen LogP contribution is 2.27. The van der Waals surface area contributed by atoms with Gasteiger partial charge in [-0.2, -0.15) is 9.78 Å². The van der Waals surface area contributed by atoms with Crippen molar-refractivity contribution in [3.8, 4) is 11.6 Å². The highest BCUT2D eigenvalue weighted by molar-refractivity contribution is 8.38. The molecule has 37 heavy (non-hydrogen) atoms. The van der Waals surface area contributed by atoms with Crippen molar-refractivity contribution in [3.63, 3.8) is 0 Å². The van der Waals surface area contributed by atoms with Crippen molar-refractivity contribution in [2.24, 2.45) is 10.1 Å². The molecule has 3 heterocycles. The van der Waals surface area contributed by atoms with Gasteiger partial charge in [-0.25, -0.2) is 10.1 Å². The van der Waals surface area contributed by atoms with Crippen LogP contribution >= 0.6 is 23.5 Å². The van der Waals surface area contributed by atoms with Gasteiger partial charge in [0.15, 0.2) is 5.69 Å². The number of hydrogen-bond donors (Lipinski definition) is 2. The largest absolute Gasteiger partial charge is 0.489 e. The lowest BCUT2D eigenvalue weighted by atomic mass is 10.2. The molecule has 4 aromatic rings. The monoisotopic (exact) mass is 535 g/mol. The Morgan fingerprint density at radius 3 is 2.78 bits per heavy atom. The molecule has 1 aliphatic heterocycles. The van der Waals surface area contributed by atoms with Gasteiger partial charge in [-0.05, 0) is 45.7 Å². The molecular weight excluding hydrogens is 514 g/mol. The average Bonchev–Trinajstić information content (AvgIpc) is 3.68. The van der Waals surface area contributed by atoms with E-state index in [9.17, 15) is 4.79 Å². The summed E-state index contributed by atoms with van der Waals surface area (Å²) >= 11 is 3.14. The summed E-state index contributed by atoms with van der Waals surface area (Å²) in [7, 11) is 0. The number of benzene rings is 2. The van der Waals surface area contributed by atoms with Crippen LogP contribution in [0.3, 0.4) is 0 Å². The number of hydrogen-bond acceptors (Lipinski definition) is 12. The minimum atomic E-state index is -0.531. The smallest absolute Gasteiger partial charge is 0.293 e. The number of anilines is 1. The molecule has 188 valence electrons. The number of rotatable bonds is 9. The summed E-state index contributed by atoms with van der Waals surface area (Å²) < 4.78 is 12.7. The molecule has 0 aliphatic carbocycles. The molecule has 3 N–H and O–H groups in total. The summed E-state index contributed by atoms with van der Waals surface area (Å²) in [5, 5.41) is 19.5. The van der Waals surface area contributed by atoms with E-state index < -0.39 is 5.91 Å². The van der Waals surface area contributed by atoms with Crippen molar-refractivity contribution < 1.29 is 14.2 Å². The van der Waals surface area contributed by atoms with E-state index >= 15 is 0 Å². The predicted molar refractivity (Wildman–Crippen MR) is 142 cm³/mol. The maximum atomic E-state index is 12.9. The number of carbonyl (C=O) groups is 1. The van der Waals surface area contributed by atoms with Crippen molar-refractivity contribution in [1.82, 2.24) is 30.7 Å². The van der Waals surface area contributed by atoms with E-state index in [-0.39, 0.29) is 17.3 Å². The fourth-order valence-corrected chi connectivity index (χ4v) is 5.26. The Morgan fingerprint density at radius 1 is 1.22 bits per heavy atom. The van der Waals surface area contributed by atoms with E-state index in [1.54, 1.807) is 11.8 Å². The second-order valence-electron chi connectivity index (χ2n) is 7.60. The number of nitrogens with zero attached hydrogens (tertiary/aromatic N) is 7. The fourth-order valence-electron chi connectivity index (χ4n) is 3.26. The first-order chi connectivity index (χ1) is 18.2. The van der Waals surface area contributed by atoms with Crippen molar-refractivity contribution in [1.29, 1.82) is 0 Å². The number of aromatic nitrogens is 5. The first kappa shape index (κ1) is 24.5. The van der Waals surface area contributed by atoms with Crippen LogP contribution in [0.4, 0.5) is 5.82 Å². The SMILES string of the molecule is Nc1nonc1-n1nnc(C(=O)NN=Cc2ccc(OCc3ccccc3)cc2)c1CSC1=NCCS1. The Morgan fingerprint density at radius 2 is 2.05 bits per heavy atom. The zero-order valence-electron chi connectivity index (χ0n) is 19.4. The van der Waals surface area contributed by atoms with Gasteiger partial charge in [0.05, 0.1) is 18.5 Å². The lowest BCUT2D eigenvalue weighted by Gasteiger charge is -2.06. The maximum absolute atomic E-state index is 12.9. The molecule has 0 radical (unpaired) electrons. The van der Waals surface area contributed by atoms with Crippen LogP contribution in [0.5, 0.6) is 5.75 Å². The van der Waals surface area contributed by atoms with Gasteiger partial charge in [0, 0.05) is 11.5 Å². The zero-order chi connectivity index (χ0) is 25.5. The third-order valence-corrected chi connectivity index (χ3v) is 7.34. The molecule has 0 bridgehead atoms. The second kappa shape index (κ2) is 11.7. The third-order valence-electron chi connectivity index (χ3n) is 5.07. The molecule has 2 aromatic carbocycles. The molecule has 1 aliphatic rings. The first-order valence-electron chi connectivity index (χ1n) is 11.1. The van der Waals surface area contributed by atoms with Crippen LogP contribution in [0, 0.1) is 0 Å². The summed E-state index contributed by atoms with van der Waals surface area (Å²) in [6.07, 6.45) is 1.53. The minimum absolute atomic E-state index is 0.0323. The van der Waals surface area contributed by atoms with Crippen LogP contribution in [0.25, 0.3) is 5.82 Å². The van der Waals surface area contributed by atoms with Crippen molar-refractivity contribution in [3.05, 3.63) is 77.1 Å². The summed E-state index contributed by atoms with van der Waals surface area (Å²) in [6.45, 7) is 1.25. The van der Waals surface area contributed by atoms with Gasteiger partial charge in [0.25, 0.3) is 5.91 Å². The highest BCUT2D eigenvalue weighted by atomic mass is 32.2. The number of nitrogens with one attached hydrogen (secondary N) is 1. The summed E-state index contributed by atoms with van der Waals surface area (Å²) in [4.78, 5) is 17.3. The van der Waals surface area contributed by atoms with Gasteiger partial charge in [-0.1, -0.05) is 59.1 Å². The number of ether oxygens (including phenoxy) is 1. The van der Waals surface area contributed by atoms with Gasteiger partial charge >= 0.3 is 0 Å². The summed E-state index contributed by atoms with van der Waals surface area (Å²) in [5.74, 6) is 1.68. The molecule has 0 atom stereocenters. The van der Waals surface area contributed by atoms with Crippen LogP contribution in [0.2, 0.25) is 0 Å². The normalized spacial score (nSPS) is 13.1. The van der Waals surface area contributed by atoms with Gasteiger partial charge in [-0.15, -0.1) is 5.10 Å². The van der Waals surface area contributed by atoms with Crippen molar-refractivity contribution >= 4 is 45.8 Å². The van der Waals surface area contributed by atoms with Crippen LogP contribution in [0.15, 0.2) is 69.3 Å². The van der Waals surface area contributed by atoms with Gasteiger partial charge < -0.3 is 10.5 Å². The topological polar surface area (TPSA) is 159 Å². The van der Waals surface area contributed by atoms with E-state index in [2.05, 4.69) is 40.8 Å². The Hall–Kier alpha value is -4.17. The van der Waals surface area contributed by atoms with Crippen molar-refractivity contribution in [2.75, 3.05) is 18.0 Å². The third kappa shape index (κ3) is 6.16. The molecule has 2 aromatic heterocycles. The van der Waals surface area contributed by atoms with E-state index in [4.69, 9.17) is 10.5 Å². The zero-order valence-corrected chi connectivity index (χ0v) is 21.0. The molecule has 0 saturated carbocycles. The number of nitrogens with two attached hydrogens (primary N) is 1. The molecule has 12 nitrogen and oxygen atoms in total. The Labute approximate surface area is 219 Å². The molecule has 14 heteroatoms. The standard InChI is InChI=1S/C23H21N9O3S2/c24-20-21(30-35-29-20)32-18(14-37-23-25-10-11-36-23)19(27-31-32)22(33)28-26-12-15-6-8-17(9-7-15)34-13-16-4-2-1-3-5-16/h1-9,12H,10-11,13-14H2,(H2,24,29)(H,28,33). The Balaban J connectivity index is 1.23. The minimum Gasteiger partial charge on any atom is -0.489 e. The molecule has 0 saturated heterocycles. The molecular formula is C23H21N9O3S2. The van der Waals surface area contributed by atoms with Crippen LogP contribution in [0.1, 0.15) is 27.3 Å². The van der Waals surface area contributed by atoms with Gasteiger partial charge in [0.1, 0.15) is 16.7 Å². The Kier molecular flexibility index (Phi) is 7.76. The number of aliphatic imine (C=N–C) groups is 1. The lowest BCUT2D eigenvalue weighted by Crippen LogP contribution is -2.20. The number of carbonyl (C=O) groups excluding carboxylic acids is 1. The number of nitrogen functional groups attached to an aromatic ring is 1. The van der Waals surface area contributed by atoms with Crippen molar-refractivity contribution in [2.45, 2.75) is 12.4 Å². The van der Waals surface area contributed by atoms with E-state index in [1.165, 1.54) is 22.7 Å². The molecule has 0 fully saturated rings. The van der Waals surface area contributed by atoms with E-state index in [0.29, 0.717) is 18.1 Å². The highest BCUT2D eigenvalue weighted by Gasteiger charge is 2.24. The summed E-state index contributed by atoms with van der Waals surface area (Å²) in [5.41, 5.74) is 10.7. The van der Waals surface area contributed by atoms with E-state index in [1.807, 2.05) is 54.6 Å². The van der Waals surface area contributed by atoms with Crippen LogP contribution in [-0.2, 0) is 12.4 Å². The number of amides is 1. The molecule has 0 unspecified atom stereocenters. The lowest BCUT2D eigenvalue weighted by molar-refractivity contribution is 0.0949. The number of thioether (sulfide) groups is 2. The average molecular weight is 536 g/mol. The Bertz CT molecular complexity index is 1420. The van der Waals surface area contributed by atoms with Gasteiger partial charge in [0.2, 0.25) is 11.6 Å². The quantitative estimate of drug-likeness (QED) is 0.241. The number of hydrazone groups is 1. The second-order valence-corrected chi connectivity index (χ2v) is 9.90.